The summed E-state index contributed by atoms with van der Waals surface area (Å²) in [6.07, 6.45) is 1.10. The van der Waals surface area contributed by atoms with Gasteiger partial charge in [-0.2, -0.15) is 0 Å². The number of carbonyl (C=O) groups excluding carboxylic acids is 6. The Morgan fingerprint density at radius 1 is 1.00 bits per heavy atom. The van der Waals surface area contributed by atoms with Crippen molar-refractivity contribution in [2.75, 3.05) is 19.6 Å². The Kier molecular flexibility index (Phi) is 13.9. The van der Waals surface area contributed by atoms with Crippen LogP contribution in [0.2, 0.25) is 0 Å². The van der Waals surface area contributed by atoms with E-state index >= 15 is 0 Å². The minimum Gasteiger partial charge on any atom is -0.487 e. The third-order valence-electron chi connectivity index (χ3n) is 10.2. The van der Waals surface area contributed by atoms with Crippen LogP contribution >= 0.6 is 0 Å². The van der Waals surface area contributed by atoms with E-state index in [0.29, 0.717) is 23.3 Å². The Labute approximate surface area is 334 Å². The van der Waals surface area contributed by atoms with Gasteiger partial charge >= 0.3 is 5.97 Å². The number of amides is 5. The van der Waals surface area contributed by atoms with Crippen LogP contribution in [0.5, 0.6) is 5.75 Å². The van der Waals surface area contributed by atoms with Crippen molar-refractivity contribution in [2.45, 2.75) is 148 Å². The highest BCUT2D eigenvalue weighted by molar-refractivity contribution is 7.90. The largest absolute Gasteiger partial charge is 0.487 e. The molecule has 0 aliphatic carbocycles. The van der Waals surface area contributed by atoms with Crippen molar-refractivity contribution in [3.8, 4) is 5.75 Å². The van der Waals surface area contributed by atoms with Gasteiger partial charge in [0.15, 0.2) is 0 Å². The number of hydrogen-bond acceptors (Lipinski definition) is 11. The number of esters is 1. The van der Waals surface area contributed by atoms with Crippen molar-refractivity contribution >= 4 is 51.5 Å². The van der Waals surface area contributed by atoms with Gasteiger partial charge < -0.3 is 41.4 Å². The van der Waals surface area contributed by atoms with E-state index in [4.69, 9.17) is 15.2 Å². The molecule has 57 heavy (non-hydrogen) atoms. The molecule has 1 unspecified atom stereocenters. The van der Waals surface area contributed by atoms with Gasteiger partial charge in [0.2, 0.25) is 35.5 Å². The fraction of sp³-hybridized carbons (Fsp3) is 0.658. The fourth-order valence-electron chi connectivity index (χ4n) is 7.27. The number of sulfonamides is 1. The molecule has 18 nitrogen and oxygen atoms in total. The minimum absolute atomic E-state index is 0.00280. The minimum atomic E-state index is -4.16. The quantitative estimate of drug-likeness (QED) is 0.0862. The second-order valence-corrected chi connectivity index (χ2v) is 18.1. The number of likely N-dealkylation sites (tertiary alicyclic amines) is 1. The van der Waals surface area contributed by atoms with Gasteiger partial charge in [-0.15, -0.1) is 0 Å². The van der Waals surface area contributed by atoms with Crippen molar-refractivity contribution in [3.05, 3.63) is 22.3 Å². The second kappa shape index (κ2) is 17.7. The average molecular weight is 819 g/mol. The maximum Gasteiger partial charge on any atom is 0.308 e. The smallest absolute Gasteiger partial charge is 0.308 e. The molecule has 0 spiro atoms. The van der Waals surface area contributed by atoms with Crippen LogP contribution in [0.25, 0.3) is 0 Å². The molecule has 2 bridgehead atoms. The summed E-state index contributed by atoms with van der Waals surface area (Å²) in [5, 5.41) is 10.4. The molecule has 3 aliphatic heterocycles. The van der Waals surface area contributed by atoms with Crippen molar-refractivity contribution in [1.29, 1.82) is 0 Å². The van der Waals surface area contributed by atoms with Gasteiger partial charge in [-0.25, -0.2) is 13.1 Å². The normalized spacial score (nSPS) is 23.2. The number of ether oxygens (including phenoxy) is 2. The van der Waals surface area contributed by atoms with Crippen LogP contribution in [-0.2, 0) is 49.9 Å². The molecule has 2 saturated heterocycles. The molecule has 0 saturated carbocycles. The third kappa shape index (κ3) is 11.3. The van der Waals surface area contributed by atoms with Gasteiger partial charge in [0, 0.05) is 25.6 Å². The lowest BCUT2D eigenvalue weighted by Gasteiger charge is -2.35. The molecule has 19 heteroatoms. The molecule has 7 N–H and O–H groups in total. The van der Waals surface area contributed by atoms with Crippen LogP contribution < -0.4 is 36.5 Å². The number of carbonyl (C=O) groups is 6. The number of benzene rings is 1. The van der Waals surface area contributed by atoms with E-state index in [9.17, 15) is 37.2 Å². The lowest BCUT2D eigenvalue weighted by atomic mass is 9.88. The lowest BCUT2D eigenvalue weighted by molar-refractivity contribution is -0.156. The van der Waals surface area contributed by atoms with E-state index in [1.54, 1.807) is 41.5 Å². The standard InChI is InChI=1S/C38H58N8O10S/c1-10-29(48)46-19-23-16-27(46)35(52)44-25(33(50)41-18-28(47)43-26(34(51)42-23)17-30(49)55-37(5,6)7)12-11-15-40-36(39)45-57(53,54)32-21(3)20(2)31-24(22(32)4)13-14-38(8,9)56-31/h23,25-27H,10-19H2,1-9H3,(H,41,50)(H,42,51)(H,43,47)(H,44,52)(H3,39,40,45)/t23-,25-,26?,27-/m0/s1. The molecule has 0 radical (unpaired) electrons. The molecule has 5 amide bonds. The summed E-state index contributed by atoms with van der Waals surface area (Å²) in [5.74, 6) is -3.63. The Morgan fingerprint density at radius 3 is 2.33 bits per heavy atom. The number of fused-ring (bicyclic) bond motifs is 3. The summed E-state index contributed by atoms with van der Waals surface area (Å²) in [6, 6.07) is -4.28. The Balaban J connectivity index is 1.49. The van der Waals surface area contributed by atoms with Gasteiger partial charge in [0.25, 0.3) is 10.0 Å². The van der Waals surface area contributed by atoms with Crippen molar-refractivity contribution < 1.29 is 46.7 Å². The fourth-order valence-corrected chi connectivity index (χ4v) is 8.79. The summed E-state index contributed by atoms with van der Waals surface area (Å²) in [4.78, 5) is 84.6. The molecule has 1 aromatic carbocycles. The Morgan fingerprint density at radius 2 is 1.68 bits per heavy atom. The second-order valence-electron chi connectivity index (χ2n) is 16.4. The van der Waals surface area contributed by atoms with E-state index in [2.05, 4.69) is 31.0 Å². The zero-order chi connectivity index (χ0) is 42.6. The summed E-state index contributed by atoms with van der Waals surface area (Å²) >= 11 is 0. The van der Waals surface area contributed by atoms with Gasteiger partial charge in [0.05, 0.1) is 17.9 Å². The Bertz CT molecular complexity index is 1920. The molecule has 4 rings (SSSR count). The zero-order valence-corrected chi connectivity index (χ0v) is 35.2. The number of guanidine groups is 1. The van der Waals surface area contributed by atoms with Gasteiger partial charge in [-0.05, 0) is 110 Å². The van der Waals surface area contributed by atoms with Crippen LogP contribution in [0.4, 0.5) is 0 Å². The first-order chi connectivity index (χ1) is 26.4. The number of nitrogens with zero attached hydrogens (tertiary/aromatic N) is 2. The maximum atomic E-state index is 13.7. The number of rotatable bonds is 9. The van der Waals surface area contributed by atoms with E-state index in [-0.39, 0.29) is 61.1 Å². The molecule has 1 aromatic rings. The summed E-state index contributed by atoms with van der Waals surface area (Å²) in [6.45, 7) is 15.2. The monoisotopic (exact) mass is 818 g/mol. The van der Waals surface area contributed by atoms with Crippen LogP contribution in [0.3, 0.4) is 0 Å². The summed E-state index contributed by atoms with van der Waals surface area (Å²) in [5.41, 5.74) is 7.48. The van der Waals surface area contributed by atoms with Crippen molar-refractivity contribution in [1.82, 2.24) is 30.9 Å². The van der Waals surface area contributed by atoms with Crippen LogP contribution in [0, 0.1) is 20.8 Å². The van der Waals surface area contributed by atoms with Crippen LogP contribution in [-0.4, -0.2) is 110 Å². The van der Waals surface area contributed by atoms with E-state index in [1.807, 2.05) is 20.8 Å². The summed E-state index contributed by atoms with van der Waals surface area (Å²) < 4.78 is 41.2. The van der Waals surface area contributed by atoms with Gasteiger partial charge in [-0.1, -0.05) is 6.92 Å². The zero-order valence-electron chi connectivity index (χ0n) is 34.3. The predicted octanol–water partition coefficient (Wildman–Crippen LogP) is 0.416. The highest BCUT2D eigenvalue weighted by Crippen LogP contribution is 2.42. The van der Waals surface area contributed by atoms with Crippen molar-refractivity contribution in [2.24, 2.45) is 10.7 Å². The lowest BCUT2D eigenvalue weighted by Crippen LogP contribution is -2.55. The number of nitrogens with two attached hydrogens (primary N) is 1. The predicted molar refractivity (Wildman–Crippen MR) is 209 cm³/mol. The molecular weight excluding hydrogens is 761 g/mol. The van der Waals surface area contributed by atoms with Gasteiger partial charge in [-0.3, -0.25) is 33.8 Å². The van der Waals surface area contributed by atoms with E-state index < -0.39 is 82.4 Å². The third-order valence-corrected chi connectivity index (χ3v) is 11.8. The van der Waals surface area contributed by atoms with Crippen molar-refractivity contribution in [3.63, 3.8) is 0 Å². The van der Waals surface area contributed by atoms with E-state index in [0.717, 1.165) is 17.5 Å². The molecule has 4 atom stereocenters. The average Bonchev–Trinajstić information content (AvgIpc) is 3.52. The number of hydrogen-bond donors (Lipinski definition) is 6. The molecular formula is C38H58N8O10S. The molecule has 3 aliphatic rings. The molecule has 0 aromatic heterocycles. The molecule has 2 fully saturated rings. The van der Waals surface area contributed by atoms with Crippen LogP contribution in [0.15, 0.2) is 9.89 Å². The van der Waals surface area contributed by atoms with E-state index in [1.165, 1.54) is 4.90 Å². The first-order valence-electron chi connectivity index (χ1n) is 19.3. The number of aliphatic imine (C=N–C) groups is 1. The maximum absolute atomic E-state index is 13.7. The summed E-state index contributed by atoms with van der Waals surface area (Å²) in [7, 11) is -4.16. The van der Waals surface area contributed by atoms with Crippen LogP contribution in [0.1, 0.15) is 102 Å². The SMILES string of the molecule is CCC(=O)N1C[C@@H]2C[C@H]1C(=O)N[C@@H](CCCN=C(N)NS(=O)(=O)c1c(C)c(C)c3c(c1C)CCC(C)(C)O3)C(=O)NCC(=O)NC(CC(=O)OC(C)(C)C)C(=O)N2. The van der Waals surface area contributed by atoms with Gasteiger partial charge in [0.1, 0.15) is 35.1 Å². The first-order valence-corrected chi connectivity index (χ1v) is 20.7. The molecule has 316 valence electrons. The topological polar surface area (TPSA) is 257 Å². The highest BCUT2D eigenvalue weighted by Gasteiger charge is 2.42. The molecule has 3 heterocycles. The number of nitrogens with one attached hydrogen (secondary N) is 5. The Hall–Kier alpha value is -4.94. The highest BCUT2D eigenvalue weighted by atomic mass is 32.2. The first kappa shape index (κ1) is 44.8.